The van der Waals surface area contributed by atoms with Gasteiger partial charge < -0.3 is 9.80 Å². The van der Waals surface area contributed by atoms with Crippen LogP contribution in [0.5, 0.6) is 0 Å². The van der Waals surface area contributed by atoms with Crippen LogP contribution < -0.4 is 9.80 Å². The topological polar surface area (TPSA) is 57.7 Å². The van der Waals surface area contributed by atoms with Crippen LogP contribution in [0.1, 0.15) is 192 Å². The molecule has 5 nitrogen and oxygen atoms in total. The second-order valence-electron chi connectivity index (χ2n) is 13.0. The number of rotatable bonds is 29. The lowest BCUT2D eigenvalue weighted by Crippen LogP contribution is -2.34. The summed E-state index contributed by atoms with van der Waals surface area (Å²) in [4.78, 5) is 43.6. The second kappa shape index (κ2) is 27.3. The van der Waals surface area contributed by atoms with Crippen molar-refractivity contribution >= 4 is 40.0 Å². The second-order valence-corrected chi connectivity index (χ2v) is 13.3. The Balaban J connectivity index is 3.19. The molecule has 6 heteroatoms. The molecule has 0 heterocycles. The molecule has 2 amide bonds. The smallest absolute Gasteiger partial charge is 0.252 e. The number of benzene rings is 1. The van der Waals surface area contributed by atoms with Gasteiger partial charge >= 0.3 is 0 Å². The first-order chi connectivity index (χ1) is 21.9. The van der Waals surface area contributed by atoms with Crippen LogP contribution in [0.15, 0.2) is 18.2 Å². The third-order valence-electron chi connectivity index (χ3n) is 8.81. The average molecular weight is 647 g/mol. The highest BCUT2D eigenvalue weighted by atomic mass is 35.5. The van der Waals surface area contributed by atoms with E-state index in [1.165, 1.54) is 51.4 Å². The van der Waals surface area contributed by atoms with Crippen molar-refractivity contribution in [2.45, 2.75) is 182 Å². The predicted molar refractivity (Wildman–Crippen MR) is 195 cm³/mol. The molecule has 0 aromatic heterocycles. The van der Waals surface area contributed by atoms with Gasteiger partial charge in [-0.3, -0.25) is 14.4 Å². The molecular weight excluding hydrogens is 580 g/mol. The zero-order chi connectivity index (χ0) is 33.1. The van der Waals surface area contributed by atoms with Gasteiger partial charge in [-0.1, -0.05) is 143 Å². The Bertz CT molecular complexity index is 871. The van der Waals surface area contributed by atoms with Crippen molar-refractivity contribution in [3.05, 3.63) is 23.8 Å². The first kappa shape index (κ1) is 41.1. The fourth-order valence-corrected chi connectivity index (χ4v) is 6.05. The zero-order valence-electron chi connectivity index (χ0n) is 29.6. The lowest BCUT2D eigenvalue weighted by molar-refractivity contribution is -0.119. The molecule has 0 bridgehead atoms. The lowest BCUT2D eigenvalue weighted by Gasteiger charge is -2.28. The van der Waals surface area contributed by atoms with Crippen LogP contribution in [0.3, 0.4) is 0 Å². The molecule has 0 N–H and O–H groups in total. The molecule has 0 aliphatic rings. The molecule has 0 spiro atoms. The molecule has 0 atom stereocenters. The number of hydrogen-bond acceptors (Lipinski definition) is 3. The van der Waals surface area contributed by atoms with Gasteiger partial charge in [0.1, 0.15) is 0 Å². The fraction of sp³-hybridized carbons (Fsp3) is 0.769. The number of anilines is 2. The van der Waals surface area contributed by atoms with E-state index in [9.17, 15) is 14.4 Å². The van der Waals surface area contributed by atoms with E-state index in [1.807, 2.05) is 15.9 Å². The minimum atomic E-state index is -0.561. The number of hydrogen-bond donors (Lipinski definition) is 0. The van der Waals surface area contributed by atoms with E-state index in [0.717, 1.165) is 89.9 Å². The van der Waals surface area contributed by atoms with Crippen molar-refractivity contribution in [2.75, 3.05) is 22.9 Å². The van der Waals surface area contributed by atoms with E-state index >= 15 is 0 Å². The van der Waals surface area contributed by atoms with Crippen molar-refractivity contribution in [3.63, 3.8) is 0 Å². The average Bonchev–Trinajstić information content (AvgIpc) is 3.03. The molecule has 0 fully saturated rings. The predicted octanol–water partition coefficient (Wildman–Crippen LogP) is 12.2. The molecule has 0 radical (unpaired) electrons. The van der Waals surface area contributed by atoms with Gasteiger partial charge in [0.2, 0.25) is 11.8 Å². The van der Waals surface area contributed by atoms with Crippen LogP contribution in [0.25, 0.3) is 0 Å². The zero-order valence-corrected chi connectivity index (χ0v) is 30.4. The van der Waals surface area contributed by atoms with Gasteiger partial charge in [0, 0.05) is 42.9 Å². The number of amides is 2. The Morgan fingerprint density at radius 2 is 0.778 bits per heavy atom. The number of unbranched alkanes of at least 4 members (excludes halogenated alkanes) is 18. The van der Waals surface area contributed by atoms with Crippen LogP contribution in [-0.2, 0) is 9.59 Å². The van der Waals surface area contributed by atoms with E-state index in [2.05, 4.69) is 27.7 Å². The minimum absolute atomic E-state index is 0.0917. The maximum atomic E-state index is 13.7. The highest BCUT2D eigenvalue weighted by Gasteiger charge is 2.22. The number of nitrogens with zero attached hydrogens (tertiary/aromatic N) is 2. The molecule has 0 aliphatic carbocycles. The molecule has 0 unspecified atom stereocenters. The number of carbonyl (C=O) groups is 3. The van der Waals surface area contributed by atoms with E-state index in [0.29, 0.717) is 42.9 Å². The van der Waals surface area contributed by atoms with Crippen molar-refractivity contribution in [1.82, 2.24) is 0 Å². The summed E-state index contributed by atoms with van der Waals surface area (Å²) in [5, 5.41) is -0.561. The molecule has 258 valence electrons. The van der Waals surface area contributed by atoms with Crippen molar-refractivity contribution in [1.29, 1.82) is 0 Å². The van der Waals surface area contributed by atoms with Gasteiger partial charge in [0.05, 0.1) is 0 Å². The van der Waals surface area contributed by atoms with Gasteiger partial charge in [-0.05, 0) is 55.5 Å². The van der Waals surface area contributed by atoms with Gasteiger partial charge in [0.15, 0.2) is 0 Å². The van der Waals surface area contributed by atoms with Crippen LogP contribution in [0.2, 0.25) is 0 Å². The third-order valence-corrected chi connectivity index (χ3v) is 9.03. The SMILES string of the molecule is CCCCCCCCCC(=O)N(CCCCCC)c1cc(C(=O)Cl)cc(N(CCCCCC)C(=O)CCCCCCCCC)c1. The lowest BCUT2D eigenvalue weighted by atomic mass is 10.1. The summed E-state index contributed by atoms with van der Waals surface area (Å²) in [5.74, 6) is 0.183. The molecule has 0 aliphatic heterocycles. The minimum Gasteiger partial charge on any atom is -0.312 e. The molecule has 1 rings (SSSR count). The normalized spacial score (nSPS) is 11.1. The molecule has 45 heavy (non-hydrogen) atoms. The summed E-state index contributed by atoms with van der Waals surface area (Å²) in [6.07, 6.45) is 25.6. The van der Waals surface area contributed by atoms with E-state index in [-0.39, 0.29) is 11.8 Å². The summed E-state index contributed by atoms with van der Waals surface area (Å²) in [5.41, 5.74) is 1.71. The van der Waals surface area contributed by atoms with Crippen LogP contribution in [0, 0.1) is 0 Å². The number of halogens is 1. The van der Waals surface area contributed by atoms with Crippen molar-refractivity contribution in [2.24, 2.45) is 0 Å². The fourth-order valence-electron chi connectivity index (χ4n) is 5.95. The quantitative estimate of drug-likeness (QED) is 0.0642. The van der Waals surface area contributed by atoms with E-state index < -0.39 is 5.24 Å². The van der Waals surface area contributed by atoms with Gasteiger partial charge in [0.25, 0.3) is 5.24 Å². The Kier molecular flexibility index (Phi) is 24.9. The molecule has 1 aromatic rings. The first-order valence-corrected chi connectivity index (χ1v) is 19.2. The summed E-state index contributed by atoms with van der Waals surface area (Å²) in [7, 11) is 0. The van der Waals surface area contributed by atoms with Gasteiger partial charge in [-0.2, -0.15) is 0 Å². The summed E-state index contributed by atoms with van der Waals surface area (Å²) in [6, 6.07) is 5.45. The van der Waals surface area contributed by atoms with Crippen molar-refractivity contribution < 1.29 is 14.4 Å². The highest BCUT2D eigenvalue weighted by Crippen LogP contribution is 2.29. The Hall–Kier alpha value is -1.88. The standard InChI is InChI=1S/C39H67ClN2O3/c1-5-9-13-17-19-21-23-27-37(43)41(29-25-15-11-7-3)35-31-34(39(40)45)32-36(33-35)42(30-26-16-12-8-4)38(44)28-24-22-20-18-14-10-6-2/h31-33H,5-30H2,1-4H3. The monoisotopic (exact) mass is 646 g/mol. The number of carbonyl (C=O) groups excluding carboxylic acids is 3. The molecule has 0 saturated heterocycles. The van der Waals surface area contributed by atoms with Gasteiger partial charge in [-0.15, -0.1) is 0 Å². The Labute approximate surface area is 282 Å². The molecule has 1 aromatic carbocycles. The molecule has 0 saturated carbocycles. The maximum Gasteiger partial charge on any atom is 0.252 e. The summed E-state index contributed by atoms with van der Waals surface area (Å²) in [6.45, 7) is 10.0. The van der Waals surface area contributed by atoms with Crippen molar-refractivity contribution in [3.8, 4) is 0 Å². The first-order valence-electron chi connectivity index (χ1n) is 18.8. The Morgan fingerprint density at radius 3 is 1.11 bits per heavy atom. The van der Waals surface area contributed by atoms with Gasteiger partial charge in [-0.25, -0.2) is 0 Å². The summed E-state index contributed by atoms with van der Waals surface area (Å²) < 4.78 is 0. The maximum absolute atomic E-state index is 13.7. The molecular formula is C39H67ClN2O3. The Morgan fingerprint density at radius 1 is 0.467 bits per heavy atom. The summed E-state index contributed by atoms with van der Waals surface area (Å²) >= 11 is 6.07. The van der Waals surface area contributed by atoms with Crippen LogP contribution in [-0.4, -0.2) is 30.1 Å². The van der Waals surface area contributed by atoms with Crippen LogP contribution in [0.4, 0.5) is 11.4 Å². The van der Waals surface area contributed by atoms with E-state index in [4.69, 9.17) is 11.6 Å². The third kappa shape index (κ3) is 18.8. The highest BCUT2D eigenvalue weighted by molar-refractivity contribution is 6.67. The van der Waals surface area contributed by atoms with E-state index in [1.54, 1.807) is 12.1 Å². The largest absolute Gasteiger partial charge is 0.312 e. The van der Waals surface area contributed by atoms with Crippen LogP contribution >= 0.6 is 11.6 Å².